The molecule has 3 rings (SSSR count). The molecule has 1 aromatic heterocycles. The third kappa shape index (κ3) is 4.50. The molecule has 0 aliphatic carbocycles. The highest BCUT2D eigenvalue weighted by atomic mass is 35.5. The van der Waals surface area contributed by atoms with E-state index >= 15 is 0 Å². The van der Waals surface area contributed by atoms with Gasteiger partial charge in [0.2, 0.25) is 5.91 Å². The molecular weight excluding hydrogens is 366 g/mol. The number of carbonyl (C=O) groups is 1. The molecule has 130 valence electrons. The van der Waals surface area contributed by atoms with Gasteiger partial charge in [-0.25, -0.2) is 0 Å². The van der Waals surface area contributed by atoms with Crippen molar-refractivity contribution in [2.75, 3.05) is 11.9 Å². The fraction of sp³-hybridized carbons (Fsp3) is 0.100. The fourth-order valence-electron chi connectivity index (χ4n) is 2.59. The number of nitrogens with zero attached hydrogens (tertiary/aromatic N) is 1. The Morgan fingerprint density at radius 3 is 2.46 bits per heavy atom. The molecular formula is C20H16ClN3OS. The summed E-state index contributed by atoms with van der Waals surface area (Å²) in [5.41, 5.74) is 2.54. The molecule has 26 heavy (non-hydrogen) atoms. The summed E-state index contributed by atoms with van der Waals surface area (Å²) < 4.78 is 0. The number of hydrogen-bond donors (Lipinski definition) is 2. The van der Waals surface area contributed by atoms with E-state index in [1.807, 2.05) is 54.6 Å². The summed E-state index contributed by atoms with van der Waals surface area (Å²) in [5, 5.41) is 18.1. The van der Waals surface area contributed by atoms with Gasteiger partial charge >= 0.3 is 0 Å². The first-order valence-corrected chi connectivity index (χ1v) is 9.24. The zero-order valence-electron chi connectivity index (χ0n) is 13.8. The Bertz CT molecular complexity index is 916. The van der Waals surface area contributed by atoms with Crippen LogP contribution in [0.3, 0.4) is 0 Å². The average molecular weight is 382 g/mol. The highest BCUT2D eigenvalue weighted by Gasteiger charge is 2.16. The van der Waals surface area contributed by atoms with Gasteiger partial charge in [0, 0.05) is 5.02 Å². The minimum absolute atomic E-state index is 0.116. The monoisotopic (exact) mass is 381 g/mol. The van der Waals surface area contributed by atoms with Crippen molar-refractivity contribution < 1.29 is 4.79 Å². The van der Waals surface area contributed by atoms with Gasteiger partial charge < -0.3 is 5.32 Å². The Labute approximate surface area is 161 Å². The average Bonchev–Trinajstić information content (AvgIpc) is 3.11. The van der Waals surface area contributed by atoms with E-state index in [-0.39, 0.29) is 18.5 Å². The first kappa shape index (κ1) is 18.2. The topological polar surface area (TPSA) is 64.9 Å². The van der Waals surface area contributed by atoms with Gasteiger partial charge in [-0.2, -0.15) is 5.26 Å². The first-order chi connectivity index (χ1) is 12.7. The smallest absolute Gasteiger partial charge is 0.238 e. The summed E-state index contributed by atoms with van der Waals surface area (Å²) in [6.45, 7) is 0.116. The van der Waals surface area contributed by atoms with Crippen LogP contribution in [-0.4, -0.2) is 12.5 Å². The second-order valence-corrected chi connectivity index (χ2v) is 6.95. The number of hydrogen-bond acceptors (Lipinski definition) is 4. The maximum absolute atomic E-state index is 12.3. The predicted molar refractivity (Wildman–Crippen MR) is 105 cm³/mol. The molecule has 1 heterocycles. The summed E-state index contributed by atoms with van der Waals surface area (Å²) in [5.74, 6) is -0.196. The number of benzene rings is 2. The summed E-state index contributed by atoms with van der Waals surface area (Å²) in [7, 11) is 0. The number of halogens is 1. The summed E-state index contributed by atoms with van der Waals surface area (Å²) in [4.78, 5) is 12.3. The highest BCUT2D eigenvalue weighted by Crippen LogP contribution is 2.24. The molecule has 4 nitrogen and oxygen atoms in total. The lowest BCUT2D eigenvalue weighted by molar-refractivity contribution is -0.115. The van der Waals surface area contributed by atoms with Gasteiger partial charge in [-0.05, 0) is 34.7 Å². The Morgan fingerprint density at radius 1 is 1.08 bits per heavy atom. The van der Waals surface area contributed by atoms with Gasteiger partial charge in [-0.3, -0.25) is 10.1 Å². The second-order valence-electron chi connectivity index (χ2n) is 5.60. The van der Waals surface area contributed by atoms with Crippen LogP contribution in [0, 0.1) is 11.3 Å². The standard InChI is InChI=1S/C20H16ClN3OS/c21-17-8-6-15(7-9-17)19(14-4-2-1-3-5-14)23-13-18(25)24-20-16(12-22)10-11-26-20/h1-11,19,23H,13H2,(H,24,25)/t19-/m0/s1. The fourth-order valence-corrected chi connectivity index (χ4v) is 3.47. The number of thiophene rings is 1. The number of rotatable bonds is 6. The third-order valence-corrected chi connectivity index (χ3v) is 4.92. The summed E-state index contributed by atoms with van der Waals surface area (Å²) >= 11 is 7.32. The lowest BCUT2D eigenvalue weighted by Crippen LogP contribution is -2.31. The van der Waals surface area contributed by atoms with E-state index in [1.165, 1.54) is 11.3 Å². The number of nitriles is 1. The van der Waals surface area contributed by atoms with Crippen LogP contribution < -0.4 is 10.6 Å². The van der Waals surface area contributed by atoms with Crippen LogP contribution in [-0.2, 0) is 4.79 Å². The minimum atomic E-state index is -0.196. The summed E-state index contributed by atoms with van der Waals surface area (Å²) in [6, 6.07) is 21.1. The normalized spacial score (nSPS) is 11.5. The van der Waals surface area contributed by atoms with E-state index in [2.05, 4.69) is 16.7 Å². The van der Waals surface area contributed by atoms with Crippen molar-refractivity contribution in [3.8, 4) is 6.07 Å². The molecule has 3 aromatic rings. The first-order valence-electron chi connectivity index (χ1n) is 7.98. The van der Waals surface area contributed by atoms with E-state index in [9.17, 15) is 4.79 Å². The van der Waals surface area contributed by atoms with Crippen molar-refractivity contribution in [1.29, 1.82) is 5.26 Å². The van der Waals surface area contributed by atoms with Crippen LogP contribution in [0.4, 0.5) is 5.00 Å². The van der Waals surface area contributed by atoms with E-state index < -0.39 is 0 Å². The Hall–Kier alpha value is -2.65. The van der Waals surface area contributed by atoms with E-state index in [4.69, 9.17) is 16.9 Å². The molecule has 0 fully saturated rings. The highest BCUT2D eigenvalue weighted by molar-refractivity contribution is 7.14. The van der Waals surface area contributed by atoms with Gasteiger partial charge in [0.25, 0.3) is 0 Å². The molecule has 0 bridgehead atoms. The van der Waals surface area contributed by atoms with Gasteiger partial charge in [0.1, 0.15) is 11.1 Å². The zero-order chi connectivity index (χ0) is 18.4. The molecule has 0 saturated heterocycles. The Balaban J connectivity index is 1.73. The molecule has 0 radical (unpaired) electrons. The molecule has 1 amide bonds. The van der Waals surface area contributed by atoms with Crippen LogP contribution in [0.15, 0.2) is 66.0 Å². The zero-order valence-corrected chi connectivity index (χ0v) is 15.3. The van der Waals surface area contributed by atoms with Crippen LogP contribution in [0.25, 0.3) is 0 Å². The largest absolute Gasteiger partial charge is 0.315 e. The molecule has 0 spiro atoms. The number of carbonyl (C=O) groups excluding carboxylic acids is 1. The number of amides is 1. The molecule has 0 aliphatic heterocycles. The minimum Gasteiger partial charge on any atom is -0.315 e. The lowest BCUT2D eigenvalue weighted by atomic mass is 9.99. The molecule has 6 heteroatoms. The molecule has 2 N–H and O–H groups in total. The second kappa shape index (κ2) is 8.63. The van der Waals surface area contributed by atoms with Crippen molar-refractivity contribution in [3.05, 3.63) is 87.8 Å². The SMILES string of the molecule is N#Cc1ccsc1NC(=O)CN[C@@H](c1ccccc1)c1ccc(Cl)cc1. The van der Waals surface area contributed by atoms with Gasteiger partial charge in [-0.1, -0.05) is 54.1 Å². The lowest BCUT2D eigenvalue weighted by Gasteiger charge is -2.20. The van der Waals surface area contributed by atoms with Crippen molar-refractivity contribution in [2.45, 2.75) is 6.04 Å². The van der Waals surface area contributed by atoms with E-state index in [1.54, 1.807) is 11.4 Å². The summed E-state index contributed by atoms with van der Waals surface area (Å²) in [6.07, 6.45) is 0. The van der Waals surface area contributed by atoms with E-state index in [0.717, 1.165) is 11.1 Å². The molecule has 0 unspecified atom stereocenters. The maximum atomic E-state index is 12.3. The predicted octanol–water partition coefficient (Wildman–Crippen LogP) is 4.59. The van der Waals surface area contributed by atoms with Gasteiger partial charge in [0.15, 0.2) is 0 Å². The van der Waals surface area contributed by atoms with Crippen LogP contribution in [0.2, 0.25) is 5.02 Å². The molecule has 0 saturated carbocycles. The number of anilines is 1. The Morgan fingerprint density at radius 2 is 1.77 bits per heavy atom. The Kier molecular flexibility index (Phi) is 6.03. The van der Waals surface area contributed by atoms with Crippen LogP contribution >= 0.6 is 22.9 Å². The quantitative estimate of drug-likeness (QED) is 0.656. The van der Waals surface area contributed by atoms with Crippen molar-refractivity contribution >= 4 is 33.8 Å². The van der Waals surface area contributed by atoms with E-state index in [0.29, 0.717) is 15.6 Å². The maximum Gasteiger partial charge on any atom is 0.238 e. The molecule has 2 aromatic carbocycles. The molecule has 0 aliphatic rings. The van der Waals surface area contributed by atoms with Crippen LogP contribution in [0.5, 0.6) is 0 Å². The molecule has 1 atom stereocenters. The van der Waals surface area contributed by atoms with Crippen molar-refractivity contribution in [1.82, 2.24) is 5.32 Å². The van der Waals surface area contributed by atoms with Gasteiger partial charge in [-0.15, -0.1) is 11.3 Å². The third-order valence-electron chi connectivity index (χ3n) is 3.84. The van der Waals surface area contributed by atoms with Gasteiger partial charge in [0.05, 0.1) is 18.2 Å². The van der Waals surface area contributed by atoms with Crippen molar-refractivity contribution in [3.63, 3.8) is 0 Å². The number of nitrogens with one attached hydrogen (secondary N) is 2. The van der Waals surface area contributed by atoms with Crippen LogP contribution in [0.1, 0.15) is 22.7 Å². The van der Waals surface area contributed by atoms with Crippen molar-refractivity contribution in [2.24, 2.45) is 0 Å².